The summed E-state index contributed by atoms with van der Waals surface area (Å²) in [6.07, 6.45) is -10.4. The number of rotatable bonds is 9. The molecule has 0 atom stereocenters. The summed E-state index contributed by atoms with van der Waals surface area (Å²) in [6, 6.07) is 0. The molecule has 0 aromatic carbocycles. The Balaban J connectivity index is 6.85. The van der Waals surface area contributed by atoms with Crippen LogP contribution >= 0.6 is 0 Å². The molecule has 0 aliphatic rings. The Kier molecular flexibility index (Phi) is 7.28. The lowest BCUT2D eigenvalue weighted by Crippen LogP contribution is -2.75. The molecular formula is C13H9F19. The second kappa shape index (κ2) is 7.59. The molecule has 0 nitrogen and oxygen atoms in total. The van der Waals surface area contributed by atoms with Crippen molar-refractivity contribution in [1.29, 1.82) is 0 Å². The maximum atomic E-state index is 13.4. The van der Waals surface area contributed by atoms with Gasteiger partial charge in [0.1, 0.15) is 0 Å². The highest BCUT2D eigenvalue weighted by Gasteiger charge is 2.96. The molecule has 0 fully saturated rings. The smallest absolute Gasteiger partial charge is 0.200 e. The normalized spacial score (nSPS) is 16.7. The van der Waals surface area contributed by atoms with Crippen molar-refractivity contribution < 1.29 is 83.4 Å². The van der Waals surface area contributed by atoms with E-state index in [1.165, 1.54) is 0 Å². The first-order valence-electron chi connectivity index (χ1n) is 7.51. The van der Waals surface area contributed by atoms with Gasteiger partial charge in [0, 0.05) is 6.42 Å². The zero-order valence-electron chi connectivity index (χ0n) is 15.0. The van der Waals surface area contributed by atoms with Gasteiger partial charge in [0.15, 0.2) is 0 Å². The summed E-state index contributed by atoms with van der Waals surface area (Å²) in [4.78, 5) is 0. The summed E-state index contributed by atoms with van der Waals surface area (Å²) in [5.41, 5.74) is 0. The van der Waals surface area contributed by atoms with E-state index >= 15 is 0 Å². The maximum absolute atomic E-state index is 13.4. The Bertz CT molecular complexity index is 667. The van der Waals surface area contributed by atoms with E-state index in [2.05, 4.69) is 0 Å². The standard InChI is InChI=1S/C13H9F19/c1-4(2)3-5(14,15)6(16,17)7(18,19)8(20,21)9(22,23)10(24,25)11(26,27)12(28,29)13(30,31)32/h4H,3H2,1-2H3. The minimum Gasteiger partial charge on any atom is -0.200 e. The van der Waals surface area contributed by atoms with Crippen molar-refractivity contribution in [3.8, 4) is 0 Å². The molecule has 0 unspecified atom stereocenters. The van der Waals surface area contributed by atoms with Gasteiger partial charge >= 0.3 is 53.6 Å². The molecule has 194 valence electrons. The second-order valence-electron chi connectivity index (χ2n) is 6.82. The van der Waals surface area contributed by atoms with Crippen LogP contribution in [0.3, 0.4) is 0 Å². The molecule has 0 aromatic rings. The van der Waals surface area contributed by atoms with Gasteiger partial charge in [-0.05, 0) is 5.92 Å². The highest BCUT2D eigenvalue weighted by Crippen LogP contribution is 2.65. The second-order valence-corrected chi connectivity index (χ2v) is 6.82. The van der Waals surface area contributed by atoms with Crippen molar-refractivity contribution in [3.05, 3.63) is 0 Å². The van der Waals surface area contributed by atoms with Crippen molar-refractivity contribution in [3.63, 3.8) is 0 Å². The van der Waals surface area contributed by atoms with E-state index in [0.29, 0.717) is 13.8 Å². The molecule has 0 N–H and O–H groups in total. The zero-order valence-corrected chi connectivity index (χ0v) is 15.0. The first-order valence-corrected chi connectivity index (χ1v) is 7.51. The Labute approximate surface area is 164 Å². The summed E-state index contributed by atoms with van der Waals surface area (Å²) in [6.45, 7) is 1.14. The van der Waals surface area contributed by atoms with E-state index in [4.69, 9.17) is 0 Å². The van der Waals surface area contributed by atoms with Gasteiger partial charge in [-0.1, -0.05) is 13.8 Å². The van der Waals surface area contributed by atoms with Gasteiger partial charge in [-0.3, -0.25) is 0 Å². The van der Waals surface area contributed by atoms with Crippen molar-refractivity contribution in [1.82, 2.24) is 0 Å². The minimum atomic E-state index is -8.86. The molecule has 0 amide bonds. The highest BCUT2D eigenvalue weighted by molar-refractivity contribution is 5.16. The summed E-state index contributed by atoms with van der Waals surface area (Å²) in [5, 5.41) is 0. The van der Waals surface area contributed by atoms with Gasteiger partial charge in [0.2, 0.25) is 0 Å². The molecule has 0 rings (SSSR count). The molecule has 19 heteroatoms. The largest absolute Gasteiger partial charge is 0.460 e. The van der Waals surface area contributed by atoms with E-state index in [-0.39, 0.29) is 0 Å². The van der Waals surface area contributed by atoms with Crippen molar-refractivity contribution in [2.45, 2.75) is 73.8 Å². The Morgan fingerprint density at radius 2 is 0.594 bits per heavy atom. The van der Waals surface area contributed by atoms with Crippen LogP contribution in [0.2, 0.25) is 0 Å². The molecule has 0 bridgehead atoms. The van der Waals surface area contributed by atoms with E-state index in [1.807, 2.05) is 0 Å². The summed E-state index contributed by atoms with van der Waals surface area (Å²) in [7, 11) is 0. The van der Waals surface area contributed by atoms with Crippen LogP contribution in [0.15, 0.2) is 0 Å². The predicted molar refractivity (Wildman–Crippen MR) is 65.1 cm³/mol. The number of hydrogen-bond acceptors (Lipinski definition) is 0. The molecule has 0 spiro atoms. The van der Waals surface area contributed by atoms with E-state index < -0.39 is 65.9 Å². The van der Waals surface area contributed by atoms with E-state index in [0.717, 1.165) is 0 Å². The average Bonchev–Trinajstić information content (AvgIpc) is 2.51. The fraction of sp³-hybridized carbons (Fsp3) is 1.00. The van der Waals surface area contributed by atoms with E-state index in [1.54, 1.807) is 0 Å². The maximum Gasteiger partial charge on any atom is 0.460 e. The van der Waals surface area contributed by atoms with Gasteiger partial charge in [0.25, 0.3) is 0 Å². The van der Waals surface area contributed by atoms with Crippen LogP contribution in [0.1, 0.15) is 20.3 Å². The molecule has 0 radical (unpaired) electrons. The lowest BCUT2D eigenvalue weighted by molar-refractivity contribution is -0.469. The summed E-state index contributed by atoms with van der Waals surface area (Å²) < 4.78 is 247. The molecule has 0 saturated heterocycles. The van der Waals surface area contributed by atoms with Crippen LogP contribution in [-0.2, 0) is 0 Å². The summed E-state index contributed by atoms with van der Waals surface area (Å²) >= 11 is 0. The Morgan fingerprint density at radius 3 is 0.812 bits per heavy atom. The van der Waals surface area contributed by atoms with Crippen LogP contribution < -0.4 is 0 Å². The zero-order chi connectivity index (χ0) is 26.8. The molecule has 0 heterocycles. The Morgan fingerprint density at radius 1 is 0.375 bits per heavy atom. The van der Waals surface area contributed by atoms with Gasteiger partial charge in [-0.25, -0.2) is 0 Å². The van der Waals surface area contributed by atoms with Gasteiger partial charge < -0.3 is 0 Å². The van der Waals surface area contributed by atoms with Gasteiger partial charge in [0.05, 0.1) is 0 Å². The van der Waals surface area contributed by atoms with Crippen molar-refractivity contribution >= 4 is 0 Å². The van der Waals surface area contributed by atoms with Crippen molar-refractivity contribution in [2.75, 3.05) is 0 Å². The fourth-order valence-corrected chi connectivity index (χ4v) is 2.03. The van der Waals surface area contributed by atoms with Gasteiger partial charge in [-0.2, -0.15) is 83.4 Å². The molecular weight excluding hydrogens is 517 g/mol. The number of alkyl halides is 19. The third kappa shape index (κ3) is 3.83. The first-order chi connectivity index (χ1) is 13.4. The molecule has 32 heavy (non-hydrogen) atoms. The lowest BCUT2D eigenvalue weighted by Gasteiger charge is -2.44. The predicted octanol–water partition coefficient (Wildman–Crippen LogP) is 7.68. The molecule has 0 aliphatic heterocycles. The van der Waals surface area contributed by atoms with Crippen LogP contribution in [0, 0.1) is 5.92 Å². The molecule has 0 saturated carbocycles. The van der Waals surface area contributed by atoms with Crippen LogP contribution in [-0.4, -0.2) is 53.6 Å². The van der Waals surface area contributed by atoms with Crippen LogP contribution in [0.5, 0.6) is 0 Å². The topological polar surface area (TPSA) is 0 Å². The molecule has 0 aromatic heterocycles. The fourth-order valence-electron chi connectivity index (χ4n) is 2.03. The lowest BCUT2D eigenvalue weighted by atomic mass is 9.86. The van der Waals surface area contributed by atoms with Crippen LogP contribution in [0.4, 0.5) is 83.4 Å². The molecule has 0 aliphatic carbocycles. The van der Waals surface area contributed by atoms with Crippen molar-refractivity contribution in [2.24, 2.45) is 5.92 Å². The highest BCUT2D eigenvalue weighted by atomic mass is 19.4. The SMILES string of the molecule is CC(C)CC(F)(F)C(F)(F)C(F)(F)C(F)(F)C(F)(F)C(F)(F)C(F)(F)C(F)(F)C(F)(F)F. The van der Waals surface area contributed by atoms with E-state index in [9.17, 15) is 83.4 Å². The summed E-state index contributed by atoms with van der Waals surface area (Å²) in [5.74, 6) is -67.7. The number of halogens is 19. The Hall–Kier alpha value is -1.33. The number of hydrogen-bond donors (Lipinski definition) is 0. The van der Waals surface area contributed by atoms with Crippen LogP contribution in [0.25, 0.3) is 0 Å². The minimum absolute atomic E-state index is 0.572. The third-order valence-electron chi connectivity index (χ3n) is 3.85. The quantitative estimate of drug-likeness (QED) is 0.271. The van der Waals surface area contributed by atoms with Gasteiger partial charge in [-0.15, -0.1) is 0 Å². The average molecular weight is 526 g/mol. The monoisotopic (exact) mass is 526 g/mol. The first kappa shape index (κ1) is 30.7. The third-order valence-corrected chi connectivity index (χ3v) is 3.85.